The smallest absolute Gasteiger partial charge is 0.264 e. The van der Waals surface area contributed by atoms with Gasteiger partial charge in [-0.3, -0.25) is 13.9 Å². The summed E-state index contributed by atoms with van der Waals surface area (Å²) in [7, 11) is -4.17. The molecule has 0 saturated heterocycles. The fourth-order valence-corrected chi connectivity index (χ4v) is 7.06. The van der Waals surface area contributed by atoms with Crippen molar-refractivity contribution in [3.05, 3.63) is 92.9 Å². The third-order valence-corrected chi connectivity index (χ3v) is 10.5. The van der Waals surface area contributed by atoms with Gasteiger partial charge in [0, 0.05) is 22.1 Å². The highest BCUT2D eigenvalue weighted by Crippen LogP contribution is 2.31. The lowest BCUT2D eigenvalue weighted by Crippen LogP contribution is -2.53. The minimum absolute atomic E-state index is 0.0582. The largest absolute Gasteiger partial charge is 0.352 e. The minimum atomic E-state index is -4.17. The Morgan fingerprint density at radius 3 is 2.26 bits per heavy atom. The summed E-state index contributed by atoms with van der Waals surface area (Å²) < 4.78 is 30.1. The summed E-state index contributed by atoms with van der Waals surface area (Å²) in [4.78, 5) is 29.1. The summed E-state index contributed by atoms with van der Waals surface area (Å²) in [5.41, 5.74) is 2.56. The summed E-state index contributed by atoms with van der Waals surface area (Å²) >= 11 is 9.84. The molecule has 0 aromatic heterocycles. The zero-order chi connectivity index (χ0) is 30.4. The van der Waals surface area contributed by atoms with Crippen LogP contribution in [-0.4, -0.2) is 43.8 Å². The van der Waals surface area contributed by atoms with E-state index >= 15 is 0 Å². The van der Waals surface area contributed by atoms with E-state index in [0.29, 0.717) is 16.3 Å². The summed E-state index contributed by atoms with van der Waals surface area (Å²) in [5, 5.41) is 3.51. The Hall–Kier alpha value is -2.88. The standard InChI is InChI=1S/C32H37BrClN3O4S/c1-22-12-18-28(19-13-22)42(40,41)37(30-11-7-10-29(34)23(30)2)21-31(38)36(20-25-14-16-26(33)17-15-25)24(3)32(39)35-27-8-5-4-6-9-27/h7,10-19,24,27H,4-6,8-9,20-21H2,1-3H3,(H,35,39)/t24-/m1/s1. The van der Waals surface area contributed by atoms with E-state index in [-0.39, 0.29) is 23.4 Å². The summed E-state index contributed by atoms with van der Waals surface area (Å²) in [6, 6.07) is 18.2. The van der Waals surface area contributed by atoms with Crippen molar-refractivity contribution in [3.8, 4) is 0 Å². The van der Waals surface area contributed by atoms with Crippen molar-refractivity contribution < 1.29 is 18.0 Å². The van der Waals surface area contributed by atoms with Crippen LogP contribution in [0.2, 0.25) is 5.02 Å². The molecule has 1 saturated carbocycles. The molecular weight excluding hydrogens is 638 g/mol. The average Bonchev–Trinajstić information content (AvgIpc) is 2.97. The Labute approximate surface area is 262 Å². The van der Waals surface area contributed by atoms with Gasteiger partial charge in [0.1, 0.15) is 12.6 Å². The molecule has 1 aliphatic rings. The first-order chi connectivity index (χ1) is 20.0. The predicted molar refractivity (Wildman–Crippen MR) is 171 cm³/mol. The summed E-state index contributed by atoms with van der Waals surface area (Å²) in [5.74, 6) is -0.751. The van der Waals surface area contributed by atoms with Crippen LogP contribution in [0.25, 0.3) is 0 Å². The van der Waals surface area contributed by atoms with Gasteiger partial charge < -0.3 is 10.2 Å². The SMILES string of the molecule is Cc1ccc(S(=O)(=O)N(CC(=O)N(Cc2ccc(Br)cc2)[C@H](C)C(=O)NC2CCCCC2)c2cccc(Cl)c2C)cc1. The highest BCUT2D eigenvalue weighted by molar-refractivity contribution is 9.10. The number of hydrogen-bond acceptors (Lipinski definition) is 4. The molecule has 3 aromatic rings. The number of amides is 2. The number of hydrogen-bond donors (Lipinski definition) is 1. The Kier molecular flexibility index (Phi) is 10.7. The third kappa shape index (κ3) is 7.74. The first-order valence-electron chi connectivity index (χ1n) is 14.2. The van der Waals surface area contributed by atoms with Crippen molar-refractivity contribution in [1.82, 2.24) is 10.2 Å². The van der Waals surface area contributed by atoms with Gasteiger partial charge in [-0.15, -0.1) is 0 Å². The average molecular weight is 675 g/mol. The molecule has 0 heterocycles. The zero-order valence-corrected chi connectivity index (χ0v) is 27.3. The number of benzene rings is 3. The number of carbonyl (C=O) groups excluding carboxylic acids is 2. The van der Waals surface area contributed by atoms with E-state index in [1.807, 2.05) is 31.2 Å². The predicted octanol–water partition coefficient (Wildman–Crippen LogP) is 6.78. The lowest BCUT2D eigenvalue weighted by atomic mass is 9.95. The molecule has 0 radical (unpaired) electrons. The molecular formula is C32H37BrClN3O4S. The van der Waals surface area contributed by atoms with Crippen molar-refractivity contribution >= 4 is 55.1 Å². The van der Waals surface area contributed by atoms with Gasteiger partial charge in [-0.25, -0.2) is 8.42 Å². The van der Waals surface area contributed by atoms with E-state index in [9.17, 15) is 18.0 Å². The number of sulfonamides is 1. The molecule has 7 nitrogen and oxygen atoms in total. The lowest BCUT2D eigenvalue weighted by molar-refractivity contribution is -0.139. The minimum Gasteiger partial charge on any atom is -0.352 e. The normalized spacial score (nSPS) is 14.7. The van der Waals surface area contributed by atoms with Crippen molar-refractivity contribution in [1.29, 1.82) is 0 Å². The molecule has 42 heavy (non-hydrogen) atoms. The fourth-order valence-electron chi connectivity index (χ4n) is 5.15. The molecule has 2 amide bonds. The quantitative estimate of drug-likeness (QED) is 0.257. The van der Waals surface area contributed by atoms with E-state index in [0.717, 1.165) is 52.0 Å². The van der Waals surface area contributed by atoms with Gasteiger partial charge in [0.05, 0.1) is 10.6 Å². The van der Waals surface area contributed by atoms with Crippen LogP contribution in [-0.2, 0) is 26.2 Å². The Balaban J connectivity index is 1.70. The van der Waals surface area contributed by atoms with Gasteiger partial charge in [0.2, 0.25) is 11.8 Å². The topological polar surface area (TPSA) is 86.8 Å². The zero-order valence-electron chi connectivity index (χ0n) is 24.1. The van der Waals surface area contributed by atoms with Gasteiger partial charge in [0.15, 0.2) is 0 Å². The van der Waals surface area contributed by atoms with Crippen LogP contribution in [0.15, 0.2) is 76.1 Å². The van der Waals surface area contributed by atoms with Gasteiger partial charge in [-0.05, 0) is 81.1 Å². The van der Waals surface area contributed by atoms with Crippen molar-refractivity contribution in [2.24, 2.45) is 0 Å². The maximum Gasteiger partial charge on any atom is 0.264 e. The second kappa shape index (κ2) is 14.1. The van der Waals surface area contributed by atoms with Gasteiger partial charge in [-0.2, -0.15) is 0 Å². The first-order valence-corrected chi connectivity index (χ1v) is 16.8. The molecule has 224 valence electrons. The number of nitrogens with zero attached hydrogens (tertiary/aromatic N) is 2. The van der Waals surface area contributed by atoms with Crippen molar-refractivity contribution in [2.45, 2.75) is 76.4 Å². The number of carbonyl (C=O) groups is 2. The van der Waals surface area contributed by atoms with E-state index in [1.54, 1.807) is 44.2 Å². The molecule has 1 fully saturated rings. The molecule has 0 aliphatic heterocycles. The van der Waals surface area contributed by atoms with Crippen LogP contribution < -0.4 is 9.62 Å². The van der Waals surface area contributed by atoms with Gasteiger partial charge in [-0.1, -0.05) is 82.7 Å². The van der Waals surface area contributed by atoms with Crippen LogP contribution in [0.1, 0.15) is 55.7 Å². The molecule has 4 rings (SSSR count). The van der Waals surface area contributed by atoms with Crippen LogP contribution in [0, 0.1) is 13.8 Å². The van der Waals surface area contributed by atoms with Crippen LogP contribution in [0.5, 0.6) is 0 Å². The van der Waals surface area contributed by atoms with E-state index in [4.69, 9.17) is 11.6 Å². The maximum atomic E-state index is 14.2. The van der Waals surface area contributed by atoms with Crippen LogP contribution >= 0.6 is 27.5 Å². The fraction of sp³-hybridized carbons (Fsp3) is 0.375. The second-order valence-electron chi connectivity index (χ2n) is 10.9. The van der Waals surface area contributed by atoms with Crippen LogP contribution in [0.3, 0.4) is 0 Å². The van der Waals surface area contributed by atoms with Gasteiger partial charge in [0.25, 0.3) is 10.0 Å². The molecule has 0 bridgehead atoms. The highest BCUT2D eigenvalue weighted by Gasteiger charge is 2.34. The molecule has 3 aromatic carbocycles. The van der Waals surface area contributed by atoms with Crippen LogP contribution in [0.4, 0.5) is 5.69 Å². The molecule has 0 spiro atoms. The highest BCUT2D eigenvalue weighted by atomic mass is 79.9. The molecule has 1 N–H and O–H groups in total. The third-order valence-electron chi connectivity index (χ3n) is 7.78. The Morgan fingerprint density at radius 2 is 1.62 bits per heavy atom. The lowest BCUT2D eigenvalue weighted by Gasteiger charge is -2.33. The monoisotopic (exact) mass is 673 g/mol. The Morgan fingerprint density at radius 1 is 0.976 bits per heavy atom. The second-order valence-corrected chi connectivity index (χ2v) is 14.1. The van der Waals surface area contributed by atoms with E-state index in [1.165, 1.54) is 17.0 Å². The molecule has 1 atom stereocenters. The van der Waals surface area contributed by atoms with Crippen molar-refractivity contribution in [3.63, 3.8) is 0 Å². The van der Waals surface area contributed by atoms with E-state index < -0.39 is 28.5 Å². The Bertz CT molecular complexity index is 1510. The molecule has 10 heteroatoms. The first kappa shape index (κ1) is 32.0. The number of halogens is 2. The maximum absolute atomic E-state index is 14.2. The number of rotatable bonds is 10. The van der Waals surface area contributed by atoms with Gasteiger partial charge >= 0.3 is 0 Å². The van der Waals surface area contributed by atoms with E-state index in [2.05, 4.69) is 21.2 Å². The summed E-state index contributed by atoms with van der Waals surface area (Å²) in [6.45, 7) is 4.92. The molecule has 1 aliphatic carbocycles. The number of nitrogens with one attached hydrogen (secondary N) is 1. The summed E-state index contributed by atoms with van der Waals surface area (Å²) in [6.07, 6.45) is 5.10. The number of anilines is 1. The number of aryl methyl sites for hydroxylation is 1. The molecule has 0 unspecified atom stereocenters. The van der Waals surface area contributed by atoms with Crippen molar-refractivity contribution in [2.75, 3.05) is 10.8 Å².